The number of carboxylic acid groups (broad SMARTS) is 1. The average Bonchev–Trinajstić information content (AvgIpc) is 3.03. The van der Waals surface area contributed by atoms with Gasteiger partial charge < -0.3 is 20.0 Å². The molecule has 0 saturated heterocycles. The van der Waals surface area contributed by atoms with Crippen LogP contribution < -0.4 is 10.4 Å². The van der Waals surface area contributed by atoms with Crippen LogP contribution in [0.2, 0.25) is 0 Å². The first kappa shape index (κ1) is 15.6. The lowest BCUT2D eigenvalue weighted by molar-refractivity contribution is -0.308. The molecule has 3 atom stereocenters. The van der Waals surface area contributed by atoms with E-state index in [-0.39, 0.29) is 17.8 Å². The summed E-state index contributed by atoms with van der Waals surface area (Å²) in [6.07, 6.45) is 6.53. The summed E-state index contributed by atoms with van der Waals surface area (Å²) in [4.78, 5) is 23.5. The second-order valence-electron chi connectivity index (χ2n) is 6.09. The molecule has 1 aromatic carbocycles. The molecule has 1 aliphatic carbocycles. The number of hydrogen-bond donors (Lipinski definition) is 1. The van der Waals surface area contributed by atoms with Gasteiger partial charge in [0.2, 0.25) is 0 Å². The van der Waals surface area contributed by atoms with Gasteiger partial charge in [0.05, 0.1) is 24.2 Å². The molecule has 2 aliphatic rings. The third-order valence-corrected chi connectivity index (χ3v) is 4.58. The van der Waals surface area contributed by atoms with Gasteiger partial charge in [0.25, 0.3) is 0 Å². The number of ether oxygens (including phenoxy) is 1. The van der Waals surface area contributed by atoms with Crippen LogP contribution in [-0.4, -0.2) is 24.6 Å². The normalized spacial score (nSPS) is 24.5. The summed E-state index contributed by atoms with van der Waals surface area (Å²) in [6, 6.07) is 4.54. The Balaban J connectivity index is 1.85. The molecule has 1 N–H and O–H groups in total. The van der Waals surface area contributed by atoms with E-state index in [9.17, 15) is 14.7 Å². The minimum absolute atomic E-state index is 0.00228. The maximum Gasteiger partial charge on any atom is 0.338 e. The smallest absolute Gasteiger partial charge is 0.338 e. The fraction of sp³-hybridized carbons (Fsp3) is 0.444. The fourth-order valence-electron chi connectivity index (χ4n) is 3.35. The van der Waals surface area contributed by atoms with E-state index in [2.05, 4.69) is 5.32 Å². The van der Waals surface area contributed by atoms with Crippen LogP contribution in [0.3, 0.4) is 0 Å². The number of nitrogens with one attached hydrogen (secondary N) is 1. The quantitative estimate of drug-likeness (QED) is 0.510. The van der Waals surface area contributed by atoms with Crippen LogP contribution in [0.5, 0.6) is 0 Å². The first-order valence-electron chi connectivity index (χ1n) is 8.07. The van der Waals surface area contributed by atoms with E-state index in [0.29, 0.717) is 18.6 Å². The van der Waals surface area contributed by atoms with Crippen molar-refractivity contribution in [1.82, 2.24) is 0 Å². The molecule has 0 fully saturated rings. The Kier molecular flexibility index (Phi) is 4.37. The number of unbranched alkanes of at least 4 members (excludes halogenated alkanes) is 1. The van der Waals surface area contributed by atoms with E-state index in [1.54, 1.807) is 12.1 Å². The minimum atomic E-state index is -1.09. The molecule has 0 amide bonds. The molecular formula is C18H20NO4-. The van der Waals surface area contributed by atoms with Crippen LogP contribution in [0.1, 0.15) is 48.0 Å². The highest BCUT2D eigenvalue weighted by molar-refractivity contribution is 5.91. The van der Waals surface area contributed by atoms with Gasteiger partial charge in [-0.3, -0.25) is 0 Å². The van der Waals surface area contributed by atoms with Crippen LogP contribution in [0, 0.1) is 5.92 Å². The number of fused-ring (bicyclic) bond motifs is 3. The van der Waals surface area contributed by atoms with Crippen molar-refractivity contribution >= 4 is 17.6 Å². The third kappa shape index (κ3) is 2.96. The van der Waals surface area contributed by atoms with Crippen molar-refractivity contribution in [2.24, 2.45) is 5.92 Å². The Bertz CT molecular complexity index is 652. The van der Waals surface area contributed by atoms with Crippen molar-refractivity contribution in [2.75, 3.05) is 11.9 Å². The van der Waals surface area contributed by atoms with Crippen LogP contribution in [0.25, 0.3) is 0 Å². The number of allylic oxidation sites excluding steroid dienone is 2. The molecule has 1 heterocycles. The van der Waals surface area contributed by atoms with Crippen LogP contribution in [-0.2, 0) is 9.53 Å². The minimum Gasteiger partial charge on any atom is -0.548 e. The van der Waals surface area contributed by atoms with Gasteiger partial charge in [-0.2, -0.15) is 0 Å². The maximum atomic E-state index is 12.1. The van der Waals surface area contributed by atoms with Crippen LogP contribution >= 0.6 is 0 Å². The van der Waals surface area contributed by atoms with Gasteiger partial charge in [-0.05, 0) is 42.5 Å². The Morgan fingerprint density at radius 2 is 2.22 bits per heavy atom. The predicted octanol–water partition coefficient (Wildman–Crippen LogP) is 1.85. The molecule has 1 aromatic rings. The molecule has 5 nitrogen and oxygen atoms in total. The summed E-state index contributed by atoms with van der Waals surface area (Å²) in [7, 11) is 0. The Hall–Kier alpha value is -2.30. The topological polar surface area (TPSA) is 78.5 Å². The van der Waals surface area contributed by atoms with Gasteiger partial charge in [-0.1, -0.05) is 25.5 Å². The highest BCUT2D eigenvalue weighted by atomic mass is 16.5. The van der Waals surface area contributed by atoms with Gasteiger partial charge in [0, 0.05) is 11.6 Å². The van der Waals surface area contributed by atoms with E-state index < -0.39 is 12.0 Å². The van der Waals surface area contributed by atoms with E-state index in [1.165, 1.54) is 0 Å². The van der Waals surface area contributed by atoms with Crippen molar-refractivity contribution in [3.8, 4) is 0 Å². The van der Waals surface area contributed by atoms with Crippen LogP contribution in [0.15, 0.2) is 30.4 Å². The predicted molar refractivity (Wildman–Crippen MR) is 84.0 cm³/mol. The monoisotopic (exact) mass is 314 g/mol. The molecule has 1 aliphatic heterocycles. The largest absolute Gasteiger partial charge is 0.548 e. The standard InChI is InChI=1S/C18H21NO4/c1-2-3-9-23-18(22)11-7-8-15-14(10-11)12-5-4-6-13(12)16(19-15)17(20)21/h4-5,7-8,10,12-13,16,19H,2-3,6,9H2,1H3,(H,20,21)/p-1/t12-,13+,16+/m0/s1. The number of rotatable bonds is 5. The van der Waals surface area contributed by atoms with Crippen molar-refractivity contribution in [2.45, 2.75) is 38.1 Å². The van der Waals surface area contributed by atoms with Gasteiger partial charge in [-0.25, -0.2) is 4.79 Å². The Morgan fingerprint density at radius 1 is 1.39 bits per heavy atom. The lowest BCUT2D eigenvalue weighted by Gasteiger charge is -2.37. The van der Waals surface area contributed by atoms with E-state index >= 15 is 0 Å². The number of carbonyl (C=O) groups excluding carboxylic acids is 2. The van der Waals surface area contributed by atoms with Crippen molar-refractivity contribution in [1.29, 1.82) is 0 Å². The molecule has 5 heteroatoms. The summed E-state index contributed by atoms with van der Waals surface area (Å²) in [5.41, 5.74) is 2.20. The van der Waals surface area contributed by atoms with Crippen molar-refractivity contribution < 1.29 is 19.4 Å². The number of aliphatic carboxylic acids is 1. The first-order chi connectivity index (χ1) is 11.1. The lowest BCUT2D eigenvalue weighted by atomic mass is 9.79. The van der Waals surface area contributed by atoms with Crippen molar-refractivity contribution in [3.63, 3.8) is 0 Å². The van der Waals surface area contributed by atoms with Gasteiger partial charge in [0.15, 0.2) is 0 Å². The second kappa shape index (κ2) is 6.44. The highest BCUT2D eigenvalue weighted by Crippen LogP contribution is 2.44. The molecule has 122 valence electrons. The summed E-state index contributed by atoms with van der Waals surface area (Å²) in [6.45, 7) is 2.46. The van der Waals surface area contributed by atoms with E-state index in [4.69, 9.17) is 4.74 Å². The van der Waals surface area contributed by atoms with Gasteiger partial charge >= 0.3 is 5.97 Å². The molecule has 0 saturated carbocycles. The van der Waals surface area contributed by atoms with Crippen LogP contribution in [0.4, 0.5) is 5.69 Å². The van der Waals surface area contributed by atoms with E-state index in [0.717, 1.165) is 24.1 Å². The van der Waals surface area contributed by atoms with E-state index in [1.807, 2.05) is 25.1 Å². The summed E-state index contributed by atoms with van der Waals surface area (Å²) in [5, 5.41) is 14.4. The second-order valence-corrected chi connectivity index (χ2v) is 6.09. The molecule has 0 bridgehead atoms. The van der Waals surface area contributed by atoms with Gasteiger partial charge in [-0.15, -0.1) is 0 Å². The lowest BCUT2D eigenvalue weighted by Crippen LogP contribution is -2.48. The zero-order valence-corrected chi connectivity index (χ0v) is 13.1. The average molecular weight is 314 g/mol. The molecular weight excluding hydrogens is 294 g/mol. The molecule has 3 rings (SSSR count). The Labute approximate surface area is 135 Å². The number of benzene rings is 1. The first-order valence-corrected chi connectivity index (χ1v) is 8.07. The number of carbonyl (C=O) groups is 2. The molecule has 23 heavy (non-hydrogen) atoms. The summed E-state index contributed by atoms with van der Waals surface area (Å²) >= 11 is 0. The number of esters is 1. The molecule has 0 aromatic heterocycles. The zero-order chi connectivity index (χ0) is 16.4. The summed E-state index contributed by atoms with van der Waals surface area (Å²) in [5.74, 6) is -1.49. The SMILES string of the molecule is CCCCOC(=O)c1ccc2c(c1)[C@H]1C=CC[C@H]1[C@H](C(=O)[O-])N2. The Morgan fingerprint density at radius 3 is 2.96 bits per heavy atom. The fourth-order valence-corrected chi connectivity index (χ4v) is 3.35. The third-order valence-electron chi connectivity index (χ3n) is 4.58. The maximum absolute atomic E-state index is 12.1. The summed E-state index contributed by atoms with van der Waals surface area (Å²) < 4.78 is 5.25. The zero-order valence-electron chi connectivity index (χ0n) is 13.1. The highest BCUT2D eigenvalue weighted by Gasteiger charge is 2.38. The van der Waals surface area contributed by atoms with Crippen molar-refractivity contribution in [3.05, 3.63) is 41.5 Å². The van der Waals surface area contributed by atoms with Gasteiger partial charge in [0.1, 0.15) is 0 Å². The molecule has 0 spiro atoms. The number of anilines is 1. The number of hydrogen-bond acceptors (Lipinski definition) is 5. The molecule has 0 radical (unpaired) electrons. The number of carboxylic acids is 1. The molecule has 0 unspecified atom stereocenters.